The molecule has 1 rings (SSSR count). The van der Waals surface area contributed by atoms with E-state index in [0.29, 0.717) is 5.03 Å². The largest absolute Gasteiger partial charge is 0.478 e. The molecule has 0 radical (unpaired) electrons. The van der Waals surface area contributed by atoms with Crippen LogP contribution in [-0.2, 0) is 4.79 Å². The summed E-state index contributed by atoms with van der Waals surface area (Å²) in [6.07, 6.45) is 1.51. The van der Waals surface area contributed by atoms with Crippen molar-refractivity contribution in [1.82, 2.24) is 9.88 Å². The number of carboxylic acid groups (broad SMARTS) is 1. The maximum atomic E-state index is 11.3. The summed E-state index contributed by atoms with van der Waals surface area (Å²) in [6, 6.07) is 3.03. The summed E-state index contributed by atoms with van der Waals surface area (Å²) < 4.78 is 0. The van der Waals surface area contributed by atoms with Gasteiger partial charge in [0.25, 0.3) is 0 Å². The molecule has 6 heteroatoms. The first kappa shape index (κ1) is 12.5. The number of rotatable bonds is 4. The number of aromatic nitrogens is 1. The molecule has 5 nitrogen and oxygen atoms in total. The number of nitrogens with zero attached hydrogens (tertiary/aromatic N) is 2. The highest BCUT2D eigenvalue weighted by atomic mass is 32.2. The maximum absolute atomic E-state index is 11.3. The summed E-state index contributed by atoms with van der Waals surface area (Å²) in [6.45, 7) is 0. The lowest BCUT2D eigenvalue weighted by Gasteiger charge is -2.09. The molecule has 1 amide bonds. The second kappa shape index (κ2) is 5.50. The molecule has 0 bridgehead atoms. The lowest BCUT2D eigenvalue weighted by atomic mass is 10.3. The summed E-state index contributed by atoms with van der Waals surface area (Å²) in [5, 5.41) is 9.26. The summed E-state index contributed by atoms with van der Waals surface area (Å²) >= 11 is 1.13. The summed E-state index contributed by atoms with van der Waals surface area (Å²) in [7, 11) is 3.30. The van der Waals surface area contributed by atoms with Gasteiger partial charge in [-0.05, 0) is 12.1 Å². The fraction of sp³-hybridized carbons (Fsp3) is 0.300. The molecule has 1 aromatic heterocycles. The molecule has 86 valence electrons. The predicted molar refractivity (Wildman–Crippen MR) is 60.6 cm³/mol. The zero-order valence-corrected chi connectivity index (χ0v) is 9.82. The van der Waals surface area contributed by atoms with Crippen molar-refractivity contribution >= 4 is 23.6 Å². The fourth-order valence-electron chi connectivity index (χ4n) is 0.928. The molecule has 0 aliphatic rings. The van der Waals surface area contributed by atoms with Gasteiger partial charge in [-0.15, -0.1) is 0 Å². The monoisotopic (exact) mass is 240 g/mol. The average molecular weight is 240 g/mol. The minimum Gasteiger partial charge on any atom is -0.478 e. The van der Waals surface area contributed by atoms with Gasteiger partial charge in [0.2, 0.25) is 5.91 Å². The van der Waals surface area contributed by atoms with E-state index in [4.69, 9.17) is 5.11 Å². The first-order valence-electron chi connectivity index (χ1n) is 4.53. The van der Waals surface area contributed by atoms with Gasteiger partial charge in [0.05, 0.1) is 11.3 Å². The van der Waals surface area contributed by atoms with Crippen molar-refractivity contribution in [2.45, 2.75) is 5.03 Å². The molecule has 1 N–H and O–H groups in total. The Bertz CT molecular complexity index is 407. The molecule has 0 aromatic carbocycles. The van der Waals surface area contributed by atoms with Crippen molar-refractivity contribution in [3.05, 3.63) is 23.9 Å². The van der Waals surface area contributed by atoms with Crippen molar-refractivity contribution in [3.63, 3.8) is 0 Å². The lowest BCUT2D eigenvalue weighted by molar-refractivity contribution is -0.125. The van der Waals surface area contributed by atoms with Crippen molar-refractivity contribution < 1.29 is 14.7 Å². The van der Waals surface area contributed by atoms with Gasteiger partial charge in [-0.25, -0.2) is 9.78 Å². The SMILES string of the molecule is CN(C)C(=O)CSc1ncccc1C(=O)O. The van der Waals surface area contributed by atoms with Crippen LogP contribution in [0, 0.1) is 0 Å². The molecule has 0 unspecified atom stereocenters. The molecule has 0 aliphatic heterocycles. The van der Waals surface area contributed by atoms with E-state index in [9.17, 15) is 9.59 Å². The number of pyridine rings is 1. The minimum atomic E-state index is -1.03. The Kier molecular flexibility index (Phi) is 4.30. The van der Waals surface area contributed by atoms with Gasteiger partial charge in [0.1, 0.15) is 5.03 Å². The summed E-state index contributed by atoms with van der Waals surface area (Å²) in [4.78, 5) is 27.6. The number of aromatic carboxylic acids is 1. The van der Waals surface area contributed by atoms with Crippen LogP contribution >= 0.6 is 11.8 Å². The van der Waals surface area contributed by atoms with E-state index in [1.807, 2.05) is 0 Å². The van der Waals surface area contributed by atoms with Crippen LogP contribution in [0.1, 0.15) is 10.4 Å². The third-order valence-electron chi connectivity index (χ3n) is 1.83. The van der Waals surface area contributed by atoms with Crippen LogP contribution in [0.4, 0.5) is 0 Å². The Hall–Kier alpha value is -1.56. The predicted octanol–water partition coefficient (Wildman–Crippen LogP) is 0.960. The van der Waals surface area contributed by atoms with Crippen molar-refractivity contribution in [1.29, 1.82) is 0 Å². The molecule has 0 saturated carbocycles. The van der Waals surface area contributed by atoms with Crippen LogP contribution < -0.4 is 0 Å². The highest BCUT2D eigenvalue weighted by Gasteiger charge is 2.13. The molecule has 0 saturated heterocycles. The molecule has 1 aromatic rings. The molecule has 0 spiro atoms. The molecule has 0 atom stereocenters. The Balaban J connectivity index is 2.74. The smallest absolute Gasteiger partial charge is 0.338 e. The van der Waals surface area contributed by atoms with Gasteiger partial charge in [-0.3, -0.25) is 4.79 Å². The molecular formula is C10H12N2O3S. The van der Waals surface area contributed by atoms with E-state index in [0.717, 1.165) is 11.8 Å². The van der Waals surface area contributed by atoms with Crippen molar-refractivity contribution in [2.24, 2.45) is 0 Å². The minimum absolute atomic E-state index is 0.0769. The maximum Gasteiger partial charge on any atom is 0.338 e. The number of hydrogen-bond donors (Lipinski definition) is 1. The van der Waals surface area contributed by atoms with Crippen LogP contribution in [0.2, 0.25) is 0 Å². The summed E-state index contributed by atoms with van der Waals surface area (Å²) in [5.41, 5.74) is 0.124. The first-order chi connectivity index (χ1) is 7.52. The highest BCUT2D eigenvalue weighted by molar-refractivity contribution is 8.00. The molecule has 1 heterocycles. The average Bonchev–Trinajstić information content (AvgIpc) is 2.25. The summed E-state index contributed by atoms with van der Waals surface area (Å²) in [5.74, 6) is -0.926. The second-order valence-electron chi connectivity index (χ2n) is 3.24. The third kappa shape index (κ3) is 3.23. The van der Waals surface area contributed by atoms with Gasteiger partial charge >= 0.3 is 5.97 Å². The zero-order chi connectivity index (χ0) is 12.1. The number of thioether (sulfide) groups is 1. The normalized spacial score (nSPS) is 9.88. The van der Waals surface area contributed by atoms with E-state index in [1.165, 1.54) is 17.2 Å². The molecule has 0 aliphatic carbocycles. The number of amides is 1. The number of carbonyl (C=O) groups excluding carboxylic acids is 1. The standard InChI is InChI=1S/C10H12N2O3S/c1-12(2)8(13)6-16-9-7(10(14)15)4-3-5-11-9/h3-5H,6H2,1-2H3,(H,14,15). The van der Waals surface area contributed by atoms with Crippen LogP contribution in [0.15, 0.2) is 23.4 Å². The molecular weight excluding hydrogens is 228 g/mol. The fourth-order valence-corrected chi connectivity index (χ4v) is 1.89. The third-order valence-corrected chi connectivity index (χ3v) is 2.82. The topological polar surface area (TPSA) is 70.5 Å². The van der Waals surface area contributed by atoms with E-state index in [-0.39, 0.29) is 17.2 Å². The molecule has 16 heavy (non-hydrogen) atoms. The van der Waals surface area contributed by atoms with Gasteiger partial charge in [-0.1, -0.05) is 11.8 Å². The zero-order valence-electron chi connectivity index (χ0n) is 9.01. The van der Waals surface area contributed by atoms with Crippen LogP contribution in [-0.4, -0.2) is 46.7 Å². The Morgan fingerprint density at radius 3 is 2.75 bits per heavy atom. The Morgan fingerprint density at radius 1 is 1.50 bits per heavy atom. The Labute approximate surface area is 97.5 Å². The lowest BCUT2D eigenvalue weighted by Crippen LogP contribution is -2.23. The second-order valence-corrected chi connectivity index (χ2v) is 4.20. The highest BCUT2D eigenvalue weighted by Crippen LogP contribution is 2.19. The number of hydrogen-bond acceptors (Lipinski definition) is 4. The van der Waals surface area contributed by atoms with Gasteiger partial charge < -0.3 is 10.0 Å². The van der Waals surface area contributed by atoms with Gasteiger partial charge in [0.15, 0.2) is 0 Å². The molecule has 0 fully saturated rings. The first-order valence-corrected chi connectivity index (χ1v) is 5.52. The van der Waals surface area contributed by atoms with Crippen LogP contribution in [0.3, 0.4) is 0 Å². The van der Waals surface area contributed by atoms with Gasteiger partial charge in [0, 0.05) is 20.3 Å². The van der Waals surface area contributed by atoms with Crippen LogP contribution in [0.25, 0.3) is 0 Å². The number of carboxylic acids is 1. The van der Waals surface area contributed by atoms with Gasteiger partial charge in [-0.2, -0.15) is 0 Å². The van der Waals surface area contributed by atoms with E-state index >= 15 is 0 Å². The quantitative estimate of drug-likeness (QED) is 0.794. The number of carbonyl (C=O) groups is 2. The van der Waals surface area contributed by atoms with E-state index in [1.54, 1.807) is 20.2 Å². The van der Waals surface area contributed by atoms with Crippen molar-refractivity contribution in [2.75, 3.05) is 19.8 Å². The van der Waals surface area contributed by atoms with Crippen LogP contribution in [0.5, 0.6) is 0 Å². The van der Waals surface area contributed by atoms with Crippen molar-refractivity contribution in [3.8, 4) is 0 Å². The van der Waals surface area contributed by atoms with E-state index in [2.05, 4.69) is 4.98 Å². The van der Waals surface area contributed by atoms with E-state index < -0.39 is 5.97 Å². The Morgan fingerprint density at radius 2 is 2.19 bits per heavy atom.